The Kier molecular flexibility index (Phi) is 4.33. The van der Waals surface area contributed by atoms with Gasteiger partial charge in [-0.3, -0.25) is 4.79 Å². The average molecular weight is 337 g/mol. The van der Waals surface area contributed by atoms with E-state index in [2.05, 4.69) is 39.7 Å². The van der Waals surface area contributed by atoms with Gasteiger partial charge >= 0.3 is 0 Å². The summed E-state index contributed by atoms with van der Waals surface area (Å²) in [6.45, 7) is 0.725. The molecule has 4 rings (SSSR count). The molecule has 128 valence electrons. The van der Waals surface area contributed by atoms with Crippen molar-refractivity contribution in [1.82, 2.24) is 15.5 Å². The van der Waals surface area contributed by atoms with Crippen LogP contribution in [-0.4, -0.2) is 22.6 Å². The smallest absolute Gasteiger partial charge is 0.227 e. The van der Waals surface area contributed by atoms with Crippen molar-refractivity contribution >= 4 is 5.91 Å². The van der Waals surface area contributed by atoms with E-state index in [-0.39, 0.29) is 5.91 Å². The third-order valence-corrected chi connectivity index (χ3v) is 4.53. The highest BCUT2D eigenvalue weighted by Crippen LogP contribution is 2.46. The van der Waals surface area contributed by atoms with Crippen molar-refractivity contribution in [2.75, 3.05) is 6.54 Å². The first-order valence-electron chi connectivity index (χ1n) is 8.46. The van der Waals surface area contributed by atoms with Crippen LogP contribution in [0.2, 0.25) is 0 Å². The van der Waals surface area contributed by atoms with Gasteiger partial charge in [-0.05, 0) is 29.9 Å². The van der Waals surface area contributed by atoms with Gasteiger partial charge in [0.05, 0.1) is 11.8 Å². The first-order chi connectivity index (χ1) is 12.3. The van der Waals surface area contributed by atoms with E-state index in [1.807, 2.05) is 6.07 Å². The maximum Gasteiger partial charge on any atom is 0.227 e. The molecule has 1 aromatic carbocycles. The molecule has 1 aliphatic rings. The van der Waals surface area contributed by atoms with Gasteiger partial charge in [-0.1, -0.05) is 35.5 Å². The van der Waals surface area contributed by atoms with Crippen LogP contribution in [0, 0.1) is 5.92 Å². The lowest BCUT2D eigenvalue weighted by Gasteiger charge is -2.04. The van der Waals surface area contributed by atoms with Gasteiger partial charge in [-0.25, -0.2) is 0 Å². The normalized spacial score (nSPS) is 18.9. The average Bonchev–Trinajstić information content (AvgIpc) is 3.02. The van der Waals surface area contributed by atoms with Gasteiger partial charge in [0, 0.05) is 19.4 Å². The van der Waals surface area contributed by atoms with E-state index < -0.39 is 0 Å². The summed E-state index contributed by atoms with van der Waals surface area (Å²) >= 11 is 0. The maximum absolute atomic E-state index is 12.0. The first-order valence-corrected chi connectivity index (χ1v) is 8.46. The number of amides is 1. The van der Waals surface area contributed by atoms with Gasteiger partial charge < -0.3 is 14.3 Å². The second-order valence-corrected chi connectivity index (χ2v) is 6.34. The Morgan fingerprint density at radius 1 is 1.24 bits per heavy atom. The molecule has 25 heavy (non-hydrogen) atoms. The second-order valence-electron chi connectivity index (χ2n) is 6.34. The predicted molar refractivity (Wildman–Crippen MR) is 90.6 cm³/mol. The Bertz CT molecular complexity index is 827. The molecular formula is C19H19N3O3. The lowest BCUT2D eigenvalue weighted by molar-refractivity contribution is -0.121. The maximum atomic E-state index is 12.0. The van der Waals surface area contributed by atoms with E-state index in [1.165, 1.54) is 5.56 Å². The van der Waals surface area contributed by atoms with Crippen molar-refractivity contribution in [2.45, 2.75) is 25.2 Å². The Hall–Kier alpha value is -2.89. The highest BCUT2D eigenvalue weighted by Gasteiger charge is 2.37. The molecule has 0 bridgehead atoms. The van der Waals surface area contributed by atoms with Crippen LogP contribution in [0.15, 0.2) is 57.9 Å². The molecule has 0 spiro atoms. The third-order valence-electron chi connectivity index (χ3n) is 4.53. The molecule has 3 aromatic rings. The zero-order chi connectivity index (χ0) is 17.1. The van der Waals surface area contributed by atoms with Crippen molar-refractivity contribution in [1.29, 1.82) is 0 Å². The number of rotatable bonds is 7. The van der Waals surface area contributed by atoms with E-state index in [0.29, 0.717) is 36.4 Å². The summed E-state index contributed by atoms with van der Waals surface area (Å²) < 4.78 is 10.2. The summed E-state index contributed by atoms with van der Waals surface area (Å²) in [6.07, 6.45) is 5.03. The molecule has 1 amide bonds. The molecule has 6 nitrogen and oxygen atoms in total. The second kappa shape index (κ2) is 6.93. The number of nitrogens with zero attached hydrogens (tertiary/aromatic N) is 2. The van der Waals surface area contributed by atoms with Crippen molar-refractivity contribution in [3.8, 4) is 11.4 Å². The van der Waals surface area contributed by atoms with E-state index in [4.69, 9.17) is 8.94 Å². The van der Waals surface area contributed by atoms with Crippen molar-refractivity contribution < 1.29 is 13.7 Å². The first kappa shape index (κ1) is 15.6. The summed E-state index contributed by atoms with van der Waals surface area (Å²) in [6, 6.07) is 12.2. The number of carbonyl (C=O) groups is 1. The fraction of sp³-hybridized carbons (Fsp3) is 0.316. The van der Waals surface area contributed by atoms with Crippen LogP contribution in [0.1, 0.15) is 30.2 Å². The van der Waals surface area contributed by atoms with Crippen LogP contribution >= 0.6 is 0 Å². The van der Waals surface area contributed by atoms with Gasteiger partial charge in [0.2, 0.25) is 17.6 Å². The molecule has 0 aliphatic heterocycles. The van der Waals surface area contributed by atoms with Gasteiger partial charge in [-0.2, -0.15) is 4.98 Å². The lowest BCUT2D eigenvalue weighted by Crippen LogP contribution is -2.26. The fourth-order valence-corrected chi connectivity index (χ4v) is 3.00. The number of hydrogen-bond donors (Lipinski definition) is 1. The summed E-state index contributed by atoms with van der Waals surface area (Å²) in [7, 11) is 0. The van der Waals surface area contributed by atoms with Crippen molar-refractivity contribution in [2.24, 2.45) is 5.92 Å². The van der Waals surface area contributed by atoms with E-state index >= 15 is 0 Å². The summed E-state index contributed by atoms with van der Waals surface area (Å²) in [5.74, 6) is 2.08. The minimum Gasteiger partial charge on any atom is -0.472 e. The van der Waals surface area contributed by atoms with Crippen LogP contribution < -0.4 is 5.32 Å². The summed E-state index contributed by atoms with van der Waals surface area (Å²) in [5, 5.41) is 6.89. The number of aromatic nitrogens is 2. The topological polar surface area (TPSA) is 81.2 Å². The van der Waals surface area contributed by atoms with Crippen LogP contribution in [0.5, 0.6) is 0 Å². The zero-order valence-electron chi connectivity index (χ0n) is 13.7. The number of carbonyl (C=O) groups excluding carboxylic acids is 1. The Labute approximate surface area is 145 Å². The van der Waals surface area contributed by atoms with Crippen molar-refractivity contribution in [3.63, 3.8) is 0 Å². The highest BCUT2D eigenvalue weighted by molar-refractivity contribution is 5.76. The number of nitrogens with one attached hydrogen (secondary N) is 1. The van der Waals surface area contributed by atoms with Gasteiger partial charge in [0.1, 0.15) is 6.26 Å². The number of aryl methyl sites for hydroxylation is 1. The molecule has 0 saturated heterocycles. The summed E-state index contributed by atoms with van der Waals surface area (Å²) in [4.78, 5) is 16.3. The molecule has 2 aromatic heterocycles. The zero-order valence-corrected chi connectivity index (χ0v) is 13.7. The van der Waals surface area contributed by atoms with Crippen LogP contribution in [0.25, 0.3) is 11.4 Å². The Balaban J connectivity index is 1.20. The summed E-state index contributed by atoms with van der Waals surface area (Å²) in [5.41, 5.74) is 2.12. The highest BCUT2D eigenvalue weighted by atomic mass is 16.5. The monoisotopic (exact) mass is 337 g/mol. The van der Waals surface area contributed by atoms with Crippen LogP contribution in [0.3, 0.4) is 0 Å². The van der Waals surface area contributed by atoms with Gasteiger partial charge in [-0.15, -0.1) is 0 Å². The van der Waals surface area contributed by atoms with Gasteiger partial charge in [0.15, 0.2) is 0 Å². The predicted octanol–water partition coefficient (Wildman–Crippen LogP) is 3.18. The fourth-order valence-electron chi connectivity index (χ4n) is 3.00. The largest absolute Gasteiger partial charge is 0.472 e. The Morgan fingerprint density at radius 2 is 2.12 bits per heavy atom. The van der Waals surface area contributed by atoms with Crippen LogP contribution in [-0.2, 0) is 11.2 Å². The Morgan fingerprint density at radius 3 is 2.92 bits per heavy atom. The van der Waals surface area contributed by atoms with Crippen LogP contribution in [0.4, 0.5) is 0 Å². The third kappa shape index (κ3) is 3.79. The standard InChI is InChI=1S/C19H19N3O3/c23-17(20-11-15-10-16(15)13-4-2-1-3-5-13)6-7-18-21-19(22-25-18)14-8-9-24-12-14/h1-5,8-9,12,15-16H,6-7,10-11H2,(H,20,23). The van der Waals surface area contributed by atoms with Gasteiger partial charge in [0.25, 0.3) is 0 Å². The minimum absolute atomic E-state index is 0.0155. The number of furan rings is 1. The van der Waals surface area contributed by atoms with E-state index in [1.54, 1.807) is 18.6 Å². The molecular weight excluding hydrogens is 318 g/mol. The molecule has 2 unspecified atom stereocenters. The molecule has 1 N–H and O–H groups in total. The molecule has 6 heteroatoms. The molecule has 0 radical (unpaired) electrons. The number of hydrogen-bond acceptors (Lipinski definition) is 5. The SMILES string of the molecule is O=C(CCc1nc(-c2ccoc2)no1)NCC1CC1c1ccccc1. The number of benzene rings is 1. The molecule has 1 aliphatic carbocycles. The van der Waals surface area contributed by atoms with E-state index in [0.717, 1.165) is 18.5 Å². The molecule has 1 saturated carbocycles. The molecule has 1 fully saturated rings. The molecule has 2 heterocycles. The minimum atomic E-state index is 0.0155. The quantitative estimate of drug-likeness (QED) is 0.716. The molecule has 2 atom stereocenters. The van der Waals surface area contributed by atoms with Crippen molar-refractivity contribution in [3.05, 3.63) is 60.4 Å². The lowest BCUT2D eigenvalue weighted by atomic mass is 10.1. The van der Waals surface area contributed by atoms with E-state index in [9.17, 15) is 4.79 Å².